The number of aromatic nitrogens is 1. The van der Waals surface area contributed by atoms with Crippen molar-refractivity contribution in [2.24, 2.45) is 0 Å². The maximum absolute atomic E-state index is 11.9. The Morgan fingerprint density at radius 1 is 1.00 bits per heavy atom. The molecule has 1 aromatic heterocycles. The van der Waals surface area contributed by atoms with Crippen LogP contribution < -0.4 is 4.74 Å². The van der Waals surface area contributed by atoms with E-state index in [1.54, 1.807) is 55.5 Å². The molecule has 3 aromatic carbocycles. The summed E-state index contributed by atoms with van der Waals surface area (Å²) in [5.74, 6) is -0.220. The molecule has 7 nitrogen and oxygen atoms in total. The third kappa shape index (κ3) is 3.93. The highest BCUT2D eigenvalue weighted by Gasteiger charge is 2.19. The van der Waals surface area contributed by atoms with Crippen LogP contribution in [0.25, 0.3) is 16.6 Å². The van der Waals surface area contributed by atoms with Crippen molar-refractivity contribution in [3.8, 4) is 17.2 Å². The number of ether oxygens (including phenoxy) is 1. The Morgan fingerprint density at radius 2 is 1.71 bits per heavy atom. The molecule has 9 heteroatoms. The Balaban J connectivity index is 1.82. The molecule has 156 valence electrons. The number of rotatable bonds is 5. The molecule has 0 amide bonds. The third-order valence-corrected chi connectivity index (χ3v) is 5.51. The molecule has 4 rings (SSSR count). The molecule has 0 saturated heterocycles. The second-order valence-electron chi connectivity index (χ2n) is 6.80. The Labute approximate surface area is 186 Å². The maximum Gasteiger partial charge on any atom is 0.352 e. The van der Waals surface area contributed by atoms with Crippen molar-refractivity contribution in [3.63, 3.8) is 0 Å². The van der Waals surface area contributed by atoms with E-state index in [-0.39, 0.29) is 11.4 Å². The number of nitro benzene ring substituents is 1. The number of aryl methyl sites for hydroxylation is 1. The summed E-state index contributed by atoms with van der Waals surface area (Å²) in [7, 11) is 0. The van der Waals surface area contributed by atoms with Gasteiger partial charge in [-0.2, -0.15) is 0 Å². The first-order chi connectivity index (χ1) is 14.7. The van der Waals surface area contributed by atoms with Gasteiger partial charge in [0.1, 0.15) is 17.2 Å². The fraction of sp³-hybridized carbons (Fsp3) is 0.0455. The molecule has 1 N–H and O–H groups in total. The zero-order valence-corrected chi connectivity index (χ0v) is 17.5. The zero-order valence-electron chi connectivity index (χ0n) is 16.0. The van der Waals surface area contributed by atoms with E-state index in [0.717, 1.165) is 0 Å². The highest BCUT2D eigenvalue weighted by atomic mass is 35.5. The van der Waals surface area contributed by atoms with Crippen molar-refractivity contribution >= 4 is 45.8 Å². The van der Waals surface area contributed by atoms with E-state index in [2.05, 4.69) is 0 Å². The lowest BCUT2D eigenvalue weighted by Gasteiger charge is -2.10. The molecule has 0 aliphatic rings. The number of hydrogen-bond donors (Lipinski definition) is 1. The van der Waals surface area contributed by atoms with Gasteiger partial charge in [-0.3, -0.25) is 10.1 Å². The summed E-state index contributed by atoms with van der Waals surface area (Å²) < 4.78 is 7.28. The summed E-state index contributed by atoms with van der Waals surface area (Å²) in [5.41, 5.74) is 1.31. The Morgan fingerprint density at radius 3 is 2.39 bits per heavy atom. The SMILES string of the molecule is Cc1ccc(-n2c(C(=O)O)cc3cc(Oc4ccc(Cl)c(Cl)c4)ccc32)cc1[N+](=O)[O-]. The van der Waals surface area contributed by atoms with Crippen molar-refractivity contribution in [1.82, 2.24) is 4.57 Å². The van der Waals surface area contributed by atoms with Gasteiger partial charge in [0.25, 0.3) is 5.69 Å². The van der Waals surface area contributed by atoms with Crippen LogP contribution in [-0.2, 0) is 0 Å². The Kier molecular flexibility index (Phi) is 5.31. The highest BCUT2D eigenvalue weighted by molar-refractivity contribution is 6.42. The van der Waals surface area contributed by atoms with E-state index in [9.17, 15) is 20.0 Å². The molecule has 0 atom stereocenters. The van der Waals surface area contributed by atoms with E-state index in [1.807, 2.05) is 0 Å². The summed E-state index contributed by atoms with van der Waals surface area (Å²) in [6, 6.07) is 16.0. The van der Waals surface area contributed by atoms with Gasteiger partial charge >= 0.3 is 5.97 Å². The van der Waals surface area contributed by atoms with Crippen LogP contribution >= 0.6 is 23.2 Å². The first-order valence-electron chi connectivity index (χ1n) is 9.01. The smallest absolute Gasteiger partial charge is 0.352 e. The number of carboxylic acid groups (broad SMARTS) is 1. The van der Waals surface area contributed by atoms with Gasteiger partial charge < -0.3 is 14.4 Å². The summed E-state index contributed by atoms with van der Waals surface area (Å²) >= 11 is 11.9. The predicted molar refractivity (Wildman–Crippen MR) is 118 cm³/mol. The van der Waals surface area contributed by atoms with E-state index in [4.69, 9.17) is 27.9 Å². The minimum atomic E-state index is -1.16. The van der Waals surface area contributed by atoms with Crippen molar-refractivity contribution in [2.75, 3.05) is 0 Å². The van der Waals surface area contributed by atoms with E-state index in [0.29, 0.717) is 43.7 Å². The standard InChI is InChI=1S/C22H14Cl2N2O5/c1-12-2-3-14(10-20(12)26(29)30)25-19-7-5-15(8-13(19)9-21(25)22(27)28)31-16-4-6-17(23)18(24)11-16/h2-11H,1H3,(H,27,28). The van der Waals surface area contributed by atoms with Gasteiger partial charge in [0.05, 0.1) is 26.2 Å². The van der Waals surface area contributed by atoms with Crippen molar-refractivity contribution in [2.45, 2.75) is 6.92 Å². The average Bonchev–Trinajstić information content (AvgIpc) is 3.10. The molecular weight excluding hydrogens is 443 g/mol. The summed E-state index contributed by atoms with van der Waals surface area (Å²) in [6.45, 7) is 1.63. The van der Waals surface area contributed by atoms with Gasteiger partial charge in [-0.1, -0.05) is 29.3 Å². The van der Waals surface area contributed by atoms with Crippen LogP contribution in [0.3, 0.4) is 0 Å². The number of carboxylic acids is 1. The molecule has 0 aliphatic carbocycles. The fourth-order valence-corrected chi connectivity index (χ4v) is 3.59. The van der Waals surface area contributed by atoms with Gasteiger partial charge in [0.15, 0.2) is 0 Å². The topological polar surface area (TPSA) is 94.6 Å². The number of nitro groups is 1. The van der Waals surface area contributed by atoms with Crippen molar-refractivity contribution < 1.29 is 19.6 Å². The fourth-order valence-electron chi connectivity index (χ4n) is 3.30. The minimum Gasteiger partial charge on any atom is -0.477 e. The van der Waals surface area contributed by atoms with E-state index < -0.39 is 10.9 Å². The lowest BCUT2D eigenvalue weighted by molar-refractivity contribution is -0.385. The molecule has 31 heavy (non-hydrogen) atoms. The predicted octanol–water partition coefficient (Wildman–Crippen LogP) is 6.64. The van der Waals surface area contributed by atoms with Crippen LogP contribution in [0, 0.1) is 17.0 Å². The lowest BCUT2D eigenvalue weighted by atomic mass is 10.1. The summed E-state index contributed by atoms with van der Waals surface area (Å²) in [4.78, 5) is 22.7. The molecule has 0 fully saturated rings. The zero-order chi connectivity index (χ0) is 22.3. The van der Waals surface area contributed by atoms with Gasteiger partial charge in [-0.15, -0.1) is 0 Å². The van der Waals surface area contributed by atoms with Gasteiger partial charge in [0.2, 0.25) is 0 Å². The second-order valence-corrected chi connectivity index (χ2v) is 7.61. The first kappa shape index (κ1) is 20.7. The molecule has 0 bridgehead atoms. The first-order valence-corrected chi connectivity index (χ1v) is 9.77. The Hall–Kier alpha value is -3.55. The normalized spacial score (nSPS) is 10.9. The van der Waals surface area contributed by atoms with Crippen LogP contribution in [0.2, 0.25) is 10.0 Å². The monoisotopic (exact) mass is 456 g/mol. The molecule has 0 saturated carbocycles. The molecular formula is C22H14Cl2N2O5. The van der Waals surface area contributed by atoms with Crippen LogP contribution in [0.4, 0.5) is 5.69 Å². The van der Waals surface area contributed by atoms with Gasteiger partial charge in [-0.25, -0.2) is 4.79 Å². The number of benzene rings is 3. The van der Waals surface area contributed by atoms with Crippen LogP contribution in [0.1, 0.15) is 16.1 Å². The number of carbonyl (C=O) groups is 1. The Bertz CT molecular complexity index is 1360. The van der Waals surface area contributed by atoms with Crippen molar-refractivity contribution in [3.05, 3.63) is 92.1 Å². The van der Waals surface area contributed by atoms with Crippen LogP contribution in [-0.4, -0.2) is 20.6 Å². The summed E-state index contributed by atoms with van der Waals surface area (Å²) in [6.07, 6.45) is 0. The molecule has 0 unspecified atom stereocenters. The van der Waals surface area contributed by atoms with Crippen LogP contribution in [0.5, 0.6) is 11.5 Å². The van der Waals surface area contributed by atoms with Crippen molar-refractivity contribution in [1.29, 1.82) is 0 Å². The quantitative estimate of drug-likeness (QED) is 0.268. The van der Waals surface area contributed by atoms with Gasteiger partial charge in [0, 0.05) is 23.1 Å². The minimum absolute atomic E-state index is 0.0279. The molecule has 0 spiro atoms. The van der Waals surface area contributed by atoms with E-state index >= 15 is 0 Å². The number of aromatic carboxylic acids is 1. The average molecular weight is 457 g/mol. The molecule has 1 heterocycles. The van der Waals surface area contributed by atoms with Gasteiger partial charge in [-0.05, 0) is 49.4 Å². The largest absolute Gasteiger partial charge is 0.477 e. The van der Waals surface area contributed by atoms with Crippen LogP contribution in [0.15, 0.2) is 60.7 Å². The number of halogens is 2. The van der Waals surface area contributed by atoms with E-state index in [1.165, 1.54) is 16.7 Å². The number of nitrogens with zero attached hydrogens (tertiary/aromatic N) is 2. The number of fused-ring (bicyclic) bond motifs is 1. The third-order valence-electron chi connectivity index (χ3n) is 4.77. The number of hydrogen-bond acceptors (Lipinski definition) is 4. The maximum atomic E-state index is 11.9. The molecule has 0 radical (unpaired) electrons. The molecule has 4 aromatic rings. The lowest BCUT2D eigenvalue weighted by Crippen LogP contribution is -2.07. The highest BCUT2D eigenvalue weighted by Crippen LogP contribution is 2.33. The summed E-state index contributed by atoms with van der Waals surface area (Å²) in [5, 5.41) is 22.4. The second kappa shape index (κ2) is 7.94. The molecule has 0 aliphatic heterocycles.